The van der Waals surface area contributed by atoms with Gasteiger partial charge in [0.25, 0.3) is 0 Å². The zero-order chi connectivity index (χ0) is 11.7. The van der Waals surface area contributed by atoms with E-state index in [0.717, 1.165) is 0 Å². The van der Waals surface area contributed by atoms with Crippen molar-refractivity contribution < 1.29 is 14.3 Å². The number of hydrogen-bond acceptors (Lipinski definition) is 5. The van der Waals surface area contributed by atoms with Gasteiger partial charge in [-0.1, -0.05) is 0 Å². The molecule has 0 bridgehead atoms. The van der Waals surface area contributed by atoms with Gasteiger partial charge in [-0.05, 0) is 6.07 Å². The lowest BCUT2D eigenvalue weighted by atomic mass is 10.1. The summed E-state index contributed by atoms with van der Waals surface area (Å²) in [5.74, 6) is -0.557. The Hall–Kier alpha value is -2.42. The van der Waals surface area contributed by atoms with E-state index in [9.17, 15) is 9.59 Å². The van der Waals surface area contributed by atoms with E-state index in [4.69, 9.17) is 5.26 Å². The number of pyridine rings is 1. The number of hydrogen-bond donors (Lipinski definition) is 1. The van der Waals surface area contributed by atoms with Gasteiger partial charge >= 0.3 is 5.97 Å². The molecule has 2 rings (SSSR count). The van der Waals surface area contributed by atoms with Gasteiger partial charge < -0.3 is 10.1 Å². The molecule has 0 unspecified atom stereocenters. The molecule has 0 aromatic carbocycles. The second-order valence-corrected chi connectivity index (χ2v) is 3.21. The van der Waals surface area contributed by atoms with Gasteiger partial charge in [0.1, 0.15) is 17.6 Å². The van der Waals surface area contributed by atoms with Crippen LogP contribution in [0.3, 0.4) is 0 Å². The lowest BCUT2D eigenvalue weighted by Gasteiger charge is -2.04. The predicted molar refractivity (Wildman–Crippen MR) is 52.6 cm³/mol. The van der Waals surface area contributed by atoms with Crippen molar-refractivity contribution in [2.24, 2.45) is 0 Å². The Balaban J connectivity index is 2.61. The maximum atomic E-state index is 11.4. The first-order chi connectivity index (χ1) is 7.65. The lowest BCUT2D eigenvalue weighted by molar-refractivity contribution is -0.115. The molecule has 1 aliphatic heterocycles. The summed E-state index contributed by atoms with van der Waals surface area (Å²) in [7, 11) is 1.24. The third kappa shape index (κ3) is 1.48. The quantitative estimate of drug-likeness (QED) is 0.680. The van der Waals surface area contributed by atoms with E-state index in [1.54, 1.807) is 0 Å². The number of rotatable bonds is 1. The minimum atomic E-state index is -0.577. The molecular weight excluding hydrogens is 210 g/mol. The fraction of sp³-hybridized carbons (Fsp3) is 0.200. The van der Waals surface area contributed by atoms with Crippen LogP contribution < -0.4 is 5.32 Å². The smallest absolute Gasteiger partial charge is 0.338 e. The van der Waals surface area contributed by atoms with Gasteiger partial charge in [-0.2, -0.15) is 5.26 Å². The Bertz CT molecular complexity index is 531. The number of amides is 1. The van der Waals surface area contributed by atoms with E-state index in [1.807, 2.05) is 6.07 Å². The molecular formula is C10H7N3O3. The molecule has 0 fully saturated rings. The Labute approximate surface area is 90.8 Å². The summed E-state index contributed by atoms with van der Waals surface area (Å²) in [5.41, 5.74) is 0.764. The topological polar surface area (TPSA) is 92.1 Å². The number of fused-ring (bicyclic) bond motifs is 1. The molecule has 80 valence electrons. The van der Waals surface area contributed by atoms with Gasteiger partial charge in [0.15, 0.2) is 0 Å². The summed E-state index contributed by atoms with van der Waals surface area (Å²) in [6.07, 6.45) is 0.0818. The molecule has 6 heteroatoms. The Morgan fingerprint density at radius 2 is 2.44 bits per heavy atom. The number of anilines is 1. The lowest BCUT2D eigenvalue weighted by Crippen LogP contribution is -2.06. The highest BCUT2D eigenvalue weighted by Crippen LogP contribution is 2.25. The molecule has 0 saturated heterocycles. The number of methoxy groups -OCH3 is 1. The fourth-order valence-corrected chi connectivity index (χ4v) is 1.54. The summed E-state index contributed by atoms with van der Waals surface area (Å²) in [6, 6.07) is 3.15. The zero-order valence-corrected chi connectivity index (χ0v) is 8.40. The van der Waals surface area contributed by atoms with Crippen molar-refractivity contribution in [3.63, 3.8) is 0 Å². The summed E-state index contributed by atoms with van der Waals surface area (Å²) >= 11 is 0. The van der Waals surface area contributed by atoms with Gasteiger partial charge in [-0.25, -0.2) is 9.78 Å². The largest absolute Gasteiger partial charge is 0.465 e. The van der Waals surface area contributed by atoms with Gasteiger partial charge in [0.05, 0.1) is 19.1 Å². The number of carbonyl (C=O) groups is 2. The van der Waals surface area contributed by atoms with Gasteiger partial charge in [0, 0.05) is 5.56 Å². The van der Waals surface area contributed by atoms with Crippen molar-refractivity contribution >= 4 is 17.7 Å². The number of nitriles is 1. The highest BCUT2D eigenvalue weighted by atomic mass is 16.5. The standard InChI is InChI=1S/C10H7N3O3/c1-16-10(15)7-2-5(4-11)12-9-6(7)3-8(14)13-9/h2H,3H2,1H3,(H,12,13,14). The molecule has 6 nitrogen and oxygen atoms in total. The minimum Gasteiger partial charge on any atom is -0.465 e. The van der Waals surface area contributed by atoms with Crippen molar-refractivity contribution in [1.82, 2.24) is 4.98 Å². The van der Waals surface area contributed by atoms with Gasteiger partial charge in [-0.15, -0.1) is 0 Å². The molecule has 1 aromatic rings. The Kier molecular flexibility index (Phi) is 2.29. The van der Waals surface area contributed by atoms with E-state index >= 15 is 0 Å². The second-order valence-electron chi connectivity index (χ2n) is 3.21. The summed E-state index contributed by atoms with van der Waals surface area (Å²) < 4.78 is 4.58. The van der Waals surface area contributed by atoms with E-state index < -0.39 is 5.97 Å². The average molecular weight is 217 g/mol. The Morgan fingerprint density at radius 1 is 1.69 bits per heavy atom. The van der Waals surface area contributed by atoms with E-state index in [-0.39, 0.29) is 29.4 Å². The summed E-state index contributed by atoms with van der Waals surface area (Å²) in [6.45, 7) is 0. The first-order valence-electron chi connectivity index (χ1n) is 4.48. The molecule has 1 N–H and O–H groups in total. The van der Waals surface area contributed by atoms with Crippen LogP contribution >= 0.6 is 0 Å². The van der Waals surface area contributed by atoms with E-state index in [1.165, 1.54) is 13.2 Å². The molecule has 0 atom stereocenters. The zero-order valence-electron chi connectivity index (χ0n) is 8.40. The highest BCUT2D eigenvalue weighted by Gasteiger charge is 2.26. The maximum Gasteiger partial charge on any atom is 0.338 e. The van der Waals surface area contributed by atoms with Crippen molar-refractivity contribution in [3.05, 3.63) is 22.9 Å². The summed E-state index contributed by atoms with van der Waals surface area (Å²) in [4.78, 5) is 26.5. The number of ether oxygens (including phenoxy) is 1. The van der Waals surface area contributed by atoms with Crippen molar-refractivity contribution in [3.8, 4) is 6.07 Å². The first kappa shape index (κ1) is 10.1. The Morgan fingerprint density at radius 3 is 3.06 bits per heavy atom. The average Bonchev–Trinajstić information content (AvgIpc) is 2.66. The predicted octanol–water partition coefficient (Wildman–Crippen LogP) is 0.234. The number of aromatic nitrogens is 1. The van der Waals surface area contributed by atoms with Crippen LogP contribution in [0.25, 0.3) is 0 Å². The van der Waals surface area contributed by atoms with Crippen LogP contribution in [0.5, 0.6) is 0 Å². The van der Waals surface area contributed by atoms with Gasteiger partial charge in [0.2, 0.25) is 5.91 Å². The number of nitrogens with one attached hydrogen (secondary N) is 1. The molecule has 0 saturated carbocycles. The molecule has 1 amide bonds. The number of carbonyl (C=O) groups excluding carboxylic acids is 2. The molecule has 0 spiro atoms. The molecule has 0 radical (unpaired) electrons. The first-order valence-corrected chi connectivity index (χ1v) is 4.48. The van der Waals surface area contributed by atoms with Crippen molar-refractivity contribution in [2.75, 3.05) is 12.4 Å². The van der Waals surface area contributed by atoms with Crippen LogP contribution in [0, 0.1) is 11.3 Å². The van der Waals surface area contributed by atoms with E-state index in [2.05, 4.69) is 15.0 Å². The van der Waals surface area contributed by atoms with Crippen LogP contribution in [0.15, 0.2) is 6.07 Å². The highest BCUT2D eigenvalue weighted by molar-refractivity contribution is 6.03. The van der Waals surface area contributed by atoms with Crippen LogP contribution in [-0.4, -0.2) is 24.0 Å². The molecule has 1 aliphatic rings. The number of nitrogens with zero attached hydrogens (tertiary/aromatic N) is 2. The number of esters is 1. The summed E-state index contributed by atoms with van der Waals surface area (Å²) in [5, 5.41) is 11.2. The van der Waals surface area contributed by atoms with Crippen LogP contribution in [0.1, 0.15) is 21.6 Å². The fourth-order valence-electron chi connectivity index (χ4n) is 1.54. The molecule has 1 aromatic heterocycles. The van der Waals surface area contributed by atoms with Crippen LogP contribution in [0.2, 0.25) is 0 Å². The van der Waals surface area contributed by atoms with Crippen LogP contribution in [0.4, 0.5) is 5.82 Å². The second kappa shape index (κ2) is 3.62. The molecule has 0 aliphatic carbocycles. The maximum absolute atomic E-state index is 11.4. The third-order valence-corrected chi connectivity index (χ3v) is 2.24. The SMILES string of the molecule is COC(=O)c1cc(C#N)nc2c1CC(=O)N2. The van der Waals surface area contributed by atoms with Crippen LogP contribution in [-0.2, 0) is 16.0 Å². The molecule has 16 heavy (non-hydrogen) atoms. The van der Waals surface area contributed by atoms with Crippen molar-refractivity contribution in [1.29, 1.82) is 5.26 Å². The van der Waals surface area contributed by atoms with Gasteiger partial charge in [-0.3, -0.25) is 4.79 Å². The minimum absolute atomic E-state index is 0.0707. The molecule has 2 heterocycles. The third-order valence-electron chi connectivity index (χ3n) is 2.24. The monoisotopic (exact) mass is 217 g/mol. The van der Waals surface area contributed by atoms with Crippen molar-refractivity contribution in [2.45, 2.75) is 6.42 Å². The normalized spacial score (nSPS) is 12.6. The van der Waals surface area contributed by atoms with E-state index in [0.29, 0.717) is 5.56 Å².